The van der Waals surface area contributed by atoms with E-state index in [-0.39, 0.29) is 22.4 Å². The van der Waals surface area contributed by atoms with Gasteiger partial charge < -0.3 is 5.11 Å². The van der Waals surface area contributed by atoms with Crippen LogP contribution < -0.4 is 0 Å². The number of nitrogens with zero attached hydrogens (tertiary/aromatic N) is 1. The van der Waals surface area contributed by atoms with Crippen LogP contribution >= 0.6 is 11.8 Å². The Hall–Kier alpha value is -2.79. The standard InChI is InChI=1S/C18H12F3NO5S2/c1-29(26,27)10-4-2-3-9(5-10)8-22-17(24)14(28-18(22)25)6-11-12(19)7-13(20)16(23)15(11)21/h2-7,23H,8H2,1H3. The summed E-state index contributed by atoms with van der Waals surface area (Å²) >= 11 is 0.405. The Kier molecular flexibility index (Phi) is 5.46. The second-order valence-corrected chi connectivity index (χ2v) is 9.11. The lowest BCUT2D eigenvalue weighted by molar-refractivity contribution is -0.123. The quantitative estimate of drug-likeness (QED) is 0.728. The SMILES string of the molecule is CS(=O)(=O)c1cccc(CN2C(=O)SC(=Cc3c(F)cc(F)c(O)c3F)C2=O)c1. The van der Waals surface area contributed by atoms with Gasteiger partial charge in [0.2, 0.25) is 0 Å². The molecule has 1 saturated heterocycles. The summed E-state index contributed by atoms with van der Waals surface area (Å²) in [5.41, 5.74) is -0.512. The molecule has 0 atom stereocenters. The van der Waals surface area contributed by atoms with Crippen molar-refractivity contribution in [2.75, 3.05) is 6.26 Å². The molecule has 0 unspecified atom stereocenters. The van der Waals surface area contributed by atoms with E-state index in [1.165, 1.54) is 24.3 Å². The van der Waals surface area contributed by atoms with E-state index in [0.29, 0.717) is 23.4 Å². The van der Waals surface area contributed by atoms with Gasteiger partial charge in [-0.15, -0.1) is 0 Å². The molecular weight excluding hydrogens is 431 g/mol. The number of hydrogen-bond donors (Lipinski definition) is 1. The summed E-state index contributed by atoms with van der Waals surface area (Å²) in [5, 5.41) is 8.54. The Labute approximate surface area is 167 Å². The van der Waals surface area contributed by atoms with Gasteiger partial charge in [0.05, 0.1) is 21.9 Å². The number of phenolic OH excluding ortho intramolecular Hbond substituents is 1. The molecule has 2 aromatic rings. The maximum atomic E-state index is 14.0. The van der Waals surface area contributed by atoms with Crippen LogP contribution in [0.5, 0.6) is 5.75 Å². The first-order valence-electron chi connectivity index (χ1n) is 7.90. The Morgan fingerprint density at radius 1 is 1.14 bits per heavy atom. The highest BCUT2D eigenvalue weighted by Gasteiger charge is 2.35. The Morgan fingerprint density at radius 3 is 2.48 bits per heavy atom. The first kappa shape index (κ1) is 20.9. The predicted molar refractivity (Wildman–Crippen MR) is 99.0 cm³/mol. The Balaban J connectivity index is 1.92. The van der Waals surface area contributed by atoms with Gasteiger partial charge in [-0.1, -0.05) is 12.1 Å². The van der Waals surface area contributed by atoms with E-state index in [1.807, 2.05) is 0 Å². The van der Waals surface area contributed by atoms with Crippen molar-refractivity contribution in [2.45, 2.75) is 11.4 Å². The first-order valence-corrected chi connectivity index (χ1v) is 10.6. The van der Waals surface area contributed by atoms with E-state index in [0.717, 1.165) is 11.2 Å². The zero-order valence-corrected chi connectivity index (χ0v) is 16.3. The molecule has 0 saturated carbocycles. The van der Waals surface area contributed by atoms with Crippen LogP contribution in [0.2, 0.25) is 0 Å². The van der Waals surface area contributed by atoms with Crippen molar-refractivity contribution >= 4 is 38.8 Å². The second-order valence-electron chi connectivity index (χ2n) is 6.10. The number of rotatable bonds is 4. The number of sulfone groups is 1. The van der Waals surface area contributed by atoms with Crippen molar-refractivity contribution in [3.05, 3.63) is 63.8 Å². The molecule has 6 nitrogen and oxygen atoms in total. The number of phenols is 1. The summed E-state index contributed by atoms with van der Waals surface area (Å²) in [5.74, 6) is -6.74. The van der Waals surface area contributed by atoms with Gasteiger partial charge in [0, 0.05) is 12.3 Å². The number of hydrogen-bond acceptors (Lipinski definition) is 6. The lowest BCUT2D eigenvalue weighted by Crippen LogP contribution is -2.27. The number of benzene rings is 2. The summed E-state index contributed by atoms with van der Waals surface area (Å²) in [7, 11) is -3.50. The fourth-order valence-electron chi connectivity index (χ4n) is 2.55. The van der Waals surface area contributed by atoms with Gasteiger partial charge in [-0.2, -0.15) is 0 Å². The topological polar surface area (TPSA) is 91.8 Å². The molecule has 0 aromatic heterocycles. The first-order chi connectivity index (χ1) is 13.5. The molecule has 0 aliphatic carbocycles. The summed E-state index contributed by atoms with van der Waals surface area (Å²) in [6, 6.07) is 5.88. The molecule has 152 valence electrons. The van der Waals surface area contributed by atoms with E-state index < -0.39 is 49.7 Å². The molecule has 29 heavy (non-hydrogen) atoms. The third-order valence-corrected chi connectivity index (χ3v) is 6.02. The molecule has 1 aliphatic heterocycles. The minimum absolute atomic E-state index is 0.00319. The van der Waals surface area contributed by atoms with E-state index in [1.54, 1.807) is 0 Å². The van der Waals surface area contributed by atoms with E-state index >= 15 is 0 Å². The van der Waals surface area contributed by atoms with E-state index in [4.69, 9.17) is 0 Å². The summed E-state index contributed by atoms with van der Waals surface area (Å²) in [6.45, 7) is -0.259. The van der Waals surface area contributed by atoms with Gasteiger partial charge in [-0.25, -0.2) is 21.6 Å². The summed E-state index contributed by atoms with van der Waals surface area (Å²) in [4.78, 5) is 25.1. The molecule has 1 aliphatic rings. The normalized spacial score (nSPS) is 16.1. The zero-order chi connectivity index (χ0) is 21.5. The fourth-order valence-corrected chi connectivity index (χ4v) is 4.06. The second kappa shape index (κ2) is 7.56. The summed E-state index contributed by atoms with van der Waals surface area (Å²) < 4.78 is 64.3. The molecular formula is C18H12F3NO5S2. The lowest BCUT2D eigenvalue weighted by Gasteiger charge is -2.13. The van der Waals surface area contributed by atoms with Crippen LogP contribution in [0.4, 0.5) is 18.0 Å². The van der Waals surface area contributed by atoms with Crippen molar-refractivity contribution in [3.63, 3.8) is 0 Å². The van der Waals surface area contributed by atoms with Gasteiger partial charge in [-0.3, -0.25) is 14.5 Å². The highest BCUT2D eigenvalue weighted by molar-refractivity contribution is 8.18. The molecule has 2 aromatic carbocycles. The maximum absolute atomic E-state index is 14.0. The average Bonchev–Trinajstić information content (AvgIpc) is 2.90. The van der Waals surface area contributed by atoms with Crippen molar-refractivity contribution in [3.8, 4) is 5.75 Å². The van der Waals surface area contributed by atoms with Crippen LogP contribution in [0.1, 0.15) is 11.1 Å². The highest BCUT2D eigenvalue weighted by Crippen LogP contribution is 2.35. The molecule has 0 bridgehead atoms. The number of thioether (sulfide) groups is 1. The molecule has 11 heteroatoms. The third kappa shape index (κ3) is 4.15. The van der Waals surface area contributed by atoms with Crippen LogP contribution in [-0.4, -0.2) is 35.8 Å². The minimum Gasteiger partial charge on any atom is -0.503 e. The minimum atomic E-state index is -3.50. The van der Waals surface area contributed by atoms with Crippen molar-refractivity contribution < 1.29 is 36.3 Å². The van der Waals surface area contributed by atoms with E-state index in [9.17, 15) is 36.3 Å². The number of aromatic hydroxyl groups is 1. The van der Waals surface area contributed by atoms with Gasteiger partial charge in [0.25, 0.3) is 11.1 Å². The molecule has 0 spiro atoms. The third-order valence-electron chi connectivity index (χ3n) is 4.00. The molecule has 1 fully saturated rings. The van der Waals surface area contributed by atoms with Gasteiger partial charge in [-0.05, 0) is 35.5 Å². The average molecular weight is 443 g/mol. The number of amides is 2. The molecule has 1 N–H and O–H groups in total. The monoisotopic (exact) mass is 443 g/mol. The lowest BCUT2D eigenvalue weighted by atomic mass is 10.1. The zero-order valence-electron chi connectivity index (χ0n) is 14.6. The fraction of sp³-hybridized carbons (Fsp3) is 0.111. The number of carbonyl (C=O) groups is 2. The van der Waals surface area contributed by atoms with Crippen LogP contribution in [0.15, 0.2) is 40.1 Å². The Morgan fingerprint density at radius 2 is 1.83 bits per heavy atom. The number of halogens is 3. The largest absolute Gasteiger partial charge is 0.503 e. The molecule has 1 heterocycles. The highest BCUT2D eigenvalue weighted by atomic mass is 32.2. The predicted octanol–water partition coefficient (Wildman–Crippen LogP) is 3.45. The molecule has 0 radical (unpaired) electrons. The Bertz CT molecular complexity index is 1180. The van der Waals surface area contributed by atoms with Crippen LogP contribution in [-0.2, 0) is 21.2 Å². The smallest absolute Gasteiger partial charge is 0.293 e. The van der Waals surface area contributed by atoms with Crippen LogP contribution in [0.25, 0.3) is 6.08 Å². The number of carbonyl (C=O) groups excluding carboxylic acids is 2. The van der Waals surface area contributed by atoms with E-state index in [2.05, 4.69) is 0 Å². The van der Waals surface area contributed by atoms with Gasteiger partial charge in [0.1, 0.15) is 5.82 Å². The number of imide groups is 1. The summed E-state index contributed by atoms with van der Waals surface area (Å²) in [6.07, 6.45) is 1.72. The van der Waals surface area contributed by atoms with Crippen LogP contribution in [0, 0.1) is 17.5 Å². The maximum Gasteiger partial charge on any atom is 0.293 e. The van der Waals surface area contributed by atoms with Crippen molar-refractivity contribution in [2.24, 2.45) is 0 Å². The van der Waals surface area contributed by atoms with Gasteiger partial charge >= 0.3 is 0 Å². The van der Waals surface area contributed by atoms with Gasteiger partial charge in [0.15, 0.2) is 27.2 Å². The van der Waals surface area contributed by atoms with Crippen molar-refractivity contribution in [1.29, 1.82) is 0 Å². The molecule has 2 amide bonds. The molecule has 3 rings (SSSR count). The van der Waals surface area contributed by atoms with Crippen molar-refractivity contribution in [1.82, 2.24) is 4.90 Å². The van der Waals surface area contributed by atoms with Crippen LogP contribution in [0.3, 0.4) is 0 Å².